The first kappa shape index (κ1) is 26.6. The molecule has 3 aromatic rings. The molecule has 1 atom stereocenters. The van der Waals surface area contributed by atoms with Crippen molar-refractivity contribution in [3.63, 3.8) is 0 Å². The van der Waals surface area contributed by atoms with Crippen LogP contribution in [0.25, 0.3) is 0 Å². The minimum Gasteiger partial charge on any atom is -0.861 e. The van der Waals surface area contributed by atoms with Crippen molar-refractivity contribution in [3.8, 4) is 0 Å². The van der Waals surface area contributed by atoms with Gasteiger partial charge >= 0.3 is 16.5 Å². The van der Waals surface area contributed by atoms with Crippen molar-refractivity contribution in [1.82, 2.24) is 4.90 Å². The Labute approximate surface area is 219 Å². The molecule has 4 rings (SSSR count). The number of carbonyl (C=O) groups is 1. The molecule has 8 heteroatoms. The zero-order valence-electron chi connectivity index (χ0n) is 18.9. The molecular formula is C27H24ClN3NiO3. The number of rotatable bonds is 8. The molecule has 0 N–H and O–H groups in total. The van der Waals surface area contributed by atoms with Gasteiger partial charge in [0.15, 0.2) is 0 Å². The molecule has 0 aromatic heterocycles. The number of nitrogens with zero attached hydrogens (tertiary/aromatic N) is 3. The minimum atomic E-state index is -1.30. The first-order valence-electron chi connectivity index (χ1n) is 11.1. The van der Waals surface area contributed by atoms with E-state index in [1.807, 2.05) is 60.7 Å². The number of benzene rings is 3. The fraction of sp³-hybridized carbons (Fsp3) is 0.222. The maximum Gasteiger partial charge on any atom is 2.00 e. The summed E-state index contributed by atoms with van der Waals surface area (Å²) in [5, 5.41) is 24.9. The number of carboxylic acid groups (broad SMARTS) is 1. The van der Waals surface area contributed by atoms with Crippen molar-refractivity contribution in [2.24, 2.45) is 9.98 Å². The van der Waals surface area contributed by atoms with Crippen LogP contribution in [0.15, 0.2) is 88.8 Å². The van der Waals surface area contributed by atoms with Crippen LogP contribution >= 0.6 is 11.6 Å². The summed E-state index contributed by atoms with van der Waals surface area (Å²) >= 11 is 6.27. The van der Waals surface area contributed by atoms with Crippen molar-refractivity contribution < 1.29 is 31.5 Å². The van der Waals surface area contributed by atoms with Crippen molar-refractivity contribution in [3.05, 3.63) is 101 Å². The van der Waals surface area contributed by atoms with Crippen LogP contribution in [0.3, 0.4) is 0 Å². The number of carbonyl (C=O) groups excluding carboxylic acids is 1. The van der Waals surface area contributed by atoms with Gasteiger partial charge in [-0.3, -0.25) is 14.9 Å². The summed E-state index contributed by atoms with van der Waals surface area (Å²) in [5.41, 5.74) is 3.14. The Hall–Kier alpha value is -2.99. The van der Waals surface area contributed by atoms with Crippen molar-refractivity contribution in [2.75, 3.05) is 13.1 Å². The smallest absolute Gasteiger partial charge is 0.861 e. The summed E-state index contributed by atoms with van der Waals surface area (Å²) in [6, 6.07) is 23.9. The van der Waals surface area contributed by atoms with Gasteiger partial charge in [-0.1, -0.05) is 72.3 Å². The van der Waals surface area contributed by atoms with Gasteiger partial charge in [0, 0.05) is 28.7 Å². The molecule has 0 radical (unpaired) electrons. The standard InChI is InChI=1S/C27H26ClN3O3.Ni/c28-21-13-14-23(22(16-21)26(29-17-25(32)33)20-10-5-2-6-11-20)30-27(34)24-12-7-15-31(24)18-19-8-3-1-4-9-19;/h1-6,8-11,13-14,16,24H,7,12,15,17-18H2,(H,30,34)(H,32,33);/q;+2/p-2/t24-;/m1./s1. The zero-order valence-corrected chi connectivity index (χ0v) is 20.6. The van der Waals surface area contributed by atoms with Gasteiger partial charge < -0.3 is 15.0 Å². The molecule has 1 aliphatic heterocycles. The van der Waals surface area contributed by atoms with Crippen LogP contribution in [0.1, 0.15) is 29.5 Å². The Morgan fingerprint density at radius 1 is 1.00 bits per heavy atom. The minimum absolute atomic E-state index is 0. The van der Waals surface area contributed by atoms with Gasteiger partial charge in [0.2, 0.25) is 0 Å². The number of hydrogen-bond acceptors (Lipinski definition) is 6. The number of hydrogen-bond donors (Lipinski definition) is 0. The second-order valence-electron chi connectivity index (χ2n) is 8.13. The molecule has 3 aromatic carbocycles. The summed E-state index contributed by atoms with van der Waals surface area (Å²) in [4.78, 5) is 22.0. The molecule has 0 spiro atoms. The van der Waals surface area contributed by atoms with Crippen LogP contribution in [0, 0.1) is 0 Å². The van der Waals surface area contributed by atoms with E-state index in [9.17, 15) is 15.0 Å². The van der Waals surface area contributed by atoms with Gasteiger partial charge in [0.1, 0.15) is 0 Å². The number of likely N-dealkylation sites (tertiary alicyclic amines) is 1. The monoisotopic (exact) mass is 531 g/mol. The van der Waals surface area contributed by atoms with Gasteiger partial charge in [0.05, 0.1) is 23.9 Å². The number of aliphatic carboxylic acids is 1. The first-order chi connectivity index (χ1) is 16.5. The summed E-state index contributed by atoms with van der Waals surface area (Å²) in [6.45, 7) is 0.997. The van der Waals surface area contributed by atoms with Crippen molar-refractivity contribution in [1.29, 1.82) is 0 Å². The summed E-state index contributed by atoms with van der Waals surface area (Å²) < 4.78 is 0. The van der Waals surface area contributed by atoms with Gasteiger partial charge in [-0.25, -0.2) is 0 Å². The third-order valence-corrected chi connectivity index (χ3v) is 5.97. The second kappa shape index (κ2) is 12.6. The molecule has 1 heterocycles. The maximum atomic E-state index is 13.3. The van der Waals surface area contributed by atoms with Gasteiger partial charge in [-0.2, -0.15) is 0 Å². The topological polar surface area (TPSA) is 91.1 Å². The number of carboxylic acids is 1. The average Bonchev–Trinajstić information content (AvgIpc) is 3.30. The normalized spacial score (nSPS) is 16.7. The molecule has 0 unspecified atom stereocenters. The van der Waals surface area contributed by atoms with E-state index in [2.05, 4.69) is 14.9 Å². The molecular weight excluding hydrogens is 508 g/mol. The van der Waals surface area contributed by atoms with Gasteiger partial charge in [0.25, 0.3) is 0 Å². The van der Waals surface area contributed by atoms with Crippen molar-refractivity contribution >= 4 is 34.9 Å². The van der Waals surface area contributed by atoms with Crippen LogP contribution in [0.4, 0.5) is 5.69 Å². The van der Waals surface area contributed by atoms with E-state index in [0.717, 1.165) is 24.9 Å². The number of aliphatic imine (C=N–C) groups is 2. The molecule has 0 amide bonds. The molecule has 35 heavy (non-hydrogen) atoms. The van der Waals surface area contributed by atoms with E-state index in [-0.39, 0.29) is 28.4 Å². The van der Waals surface area contributed by atoms with E-state index < -0.39 is 12.5 Å². The summed E-state index contributed by atoms with van der Waals surface area (Å²) in [6.07, 6.45) is 1.66. The third-order valence-electron chi connectivity index (χ3n) is 5.74. The van der Waals surface area contributed by atoms with E-state index in [4.69, 9.17) is 11.6 Å². The van der Waals surface area contributed by atoms with Crippen LogP contribution in [-0.2, 0) is 27.8 Å². The number of halogens is 1. The summed E-state index contributed by atoms with van der Waals surface area (Å²) in [5.74, 6) is -1.53. The van der Waals surface area contributed by atoms with Crippen LogP contribution in [0.5, 0.6) is 0 Å². The molecule has 0 saturated carbocycles. The quantitative estimate of drug-likeness (QED) is 0.253. The molecule has 182 valence electrons. The fourth-order valence-corrected chi connectivity index (χ4v) is 4.35. The van der Waals surface area contributed by atoms with Gasteiger partial charge in [-0.15, -0.1) is 0 Å². The predicted molar refractivity (Wildman–Crippen MR) is 130 cm³/mol. The zero-order chi connectivity index (χ0) is 23.9. The second-order valence-corrected chi connectivity index (χ2v) is 8.56. The molecule has 1 fully saturated rings. The Balaban J connectivity index is 0.00000342. The van der Waals surface area contributed by atoms with Crippen molar-refractivity contribution in [2.45, 2.75) is 25.4 Å². The molecule has 6 nitrogen and oxygen atoms in total. The molecule has 1 aliphatic rings. The average molecular weight is 533 g/mol. The van der Waals surface area contributed by atoms with E-state index in [1.54, 1.807) is 18.2 Å². The molecule has 0 aliphatic carbocycles. The van der Waals surface area contributed by atoms with Gasteiger partial charge in [-0.05, 0) is 49.0 Å². The Kier molecular flexibility index (Phi) is 9.61. The fourth-order valence-electron chi connectivity index (χ4n) is 4.17. The van der Waals surface area contributed by atoms with Crippen LogP contribution in [-0.4, -0.2) is 41.6 Å². The van der Waals surface area contributed by atoms with E-state index in [1.165, 1.54) is 0 Å². The molecule has 0 bridgehead atoms. The predicted octanol–water partition coefficient (Wildman–Crippen LogP) is 2.98. The SMILES string of the molecule is O=C([O-])CN=C(c1ccccc1)c1cc(Cl)ccc1N=C([O-])[C@H]1CCCN1Cc1ccccc1.[Ni+2]. The largest absolute Gasteiger partial charge is 2.00 e. The first-order valence-corrected chi connectivity index (χ1v) is 11.5. The Morgan fingerprint density at radius 3 is 2.37 bits per heavy atom. The maximum absolute atomic E-state index is 13.3. The molecule has 1 saturated heterocycles. The third kappa shape index (κ3) is 7.01. The Bertz CT molecular complexity index is 1200. The van der Waals surface area contributed by atoms with E-state index >= 15 is 0 Å². The van der Waals surface area contributed by atoms with Crippen LogP contribution < -0.4 is 10.2 Å². The van der Waals surface area contributed by atoms with Crippen LogP contribution in [0.2, 0.25) is 5.02 Å². The Morgan fingerprint density at radius 2 is 1.69 bits per heavy atom. The van der Waals surface area contributed by atoms with E-state index in [0.29, 0.717) is 34.1 Å². The summed E-state index contributed by atoms with van der Waals surface area (Å²) in [7, 11) is 0.